The fourth-order valence-corrected chi connectivity index (χ4v) is 38.5. The third-order valence-electron chi connectivity index (χ3n) is 10.00. The number of allylic oxidation sites excluding steroid dienone is 8. The number of benzene rings is 1. The van der Waals surface area contributed by atoms with Gasteiger partial charge in [0.25, 0.3) is 0 Å². The topological polar surface area (TPSA) is 0 Å². The van der Waals surface area contributed by atoms with Gasteiger partial charge in [-0.2, -0.15) is 0 Å². The summed E-state index contributed by atoms with van der Waals surface area (Å²) in [6.07, 6.45) is 22.8. The summed E-state index contributed by atoms with van der Waals surface area (Å²) in [7, 11) is -1.62. The standard InChI is InChI=1S/C25H28Si.2CH3.Zr/c1-26(23-13-3-2-4-14-23,24-15-19-9-5-6-10-20(19)16-24)25-17-21-11-7-8-12-22(21)18-25;;;/h2-15,17,19-22,24-25H,16,18H2,1H3;2*1H3;. The van der Waals surface area contributed by atoms with Crippen LogP contribution >= 0.6 is 0 Å². The van der Waals surface area contributed by atoms with E-state index in [1.165, 1.54) is 12.8 Å². The summed E-state index contributed by atoms with van der Waals surface area (Å²) in [5.74, 6) is 3.32. The van der Waals surface area contributed by atoms with Crippen LogP contribution in [0.2, 0.25) is 34.1 Å². The van der Waals surface area contributed by atoms with Gasteiger partial charge < -0.3 is 0 Å². The fraction of sp³-hybridized carbons (Fsp3) is 0.481. The molecule has 6 rings (SSSR count). The molecule has 1 aromatic carbocycles. The molecule has 5 aliphatic rings. The van der Waals surface area contributed by atoms with Crippen molar-refractivity contribution >= 4 is 13.3 Å². The van der Waals surface area contributed by atoms with Crippen molar-refractivity contribution in [2.24, 2.45) is 23.7 Å². The van der Waals surface area contributed by atoms with Crippen molar-refractivity contribution in [2.45, 2.75) is 47.0 Å². The van der Waals surface area contributed by atoms with Gasteiger partial charge in [-0.15, -0.1) is 0 Å². The van der Waals surface area contributed by atoms with Crippen molar-refractivity contribution < 1.29 is 20.3 Å². The van der Waals surface area contributed by atoms with E-state index in [0.717, 1.165) is 42.0 Å². The molecule has 1 aliphatic heterocycles. The first-order valence-electron chi connectivity index (χ1n) is 11.8. The SMILES string of the molecule is C[Si]1(c2ccccc2)C2CC3C=CC=CC3[CH]2[Zr]([CH3])([CH3])[CH]2C3C=CC=CC3CC21. The predicted molar refractivity (Wildman–Crippen MR) is 124 cm³/mol. The molecule has 0 radical (unpaired) electrons. The van der Waals surface area contributed by atoms with Gasteiger partial charge in [0, 0.05) is 0 Å². The Balaban J connectivity index is 1.56. The van der Waals surface area contributed by atoms with E-state index in [1.807, 2.05) is 0 Å². The molecular weight excluding hydrogens is 444 g/mol. The predicted octanol–water partition coefficient (Wildman–Crippen LogP) is 7.08. The molecule has 1 aromatic rings. The van der Waals surface area contributed by atoms with E-state index in [4.69, 9.17) is 0 Å². The van der Waals surface area contributed by atoms with Gasteiger partial charge in [0.05, 0.1) is 0 Å². The van der Waals surface area contributed by atoms with Crippen LogP contribution in [0.3, 0.4) is 0 Å². The first kappa shape index (κ1) is 19.0. The van der Waals surface area contributed by atoms with E-state index in [9.17, 15) is 0 Å². The molecule has 4 aliphatic carbocycles. The van der Waals surface area contributed by atoms with Crippen molar-refractivity contribution in [3.8, 4) is 0 Å². The first-order chi connectivity index (χ1) is 14.0. The third-order valence-corrected chi connectivity index (χ3v) is 29.8. The zero-order chi connectivity index (χ0) is 19.8. The molecule has 0 aromatic heterocycles. The Morgan fingerprint density at radius 2 is 1.21 bits per heavy atom. The van der Waals surface area contributed by atoms with Gasteiger partial charge in [0.2, 0.25) is 0 Å². The van der Waals surface area contributed by atoms with Gasteiger partial charge in [-0.25, -0.2) is 0 Å². The minimum absolute atomic E-state index is 0.818. The van der Waals surface area contributed by atoms with Crippen molar-refractivity contribution in [3.63, 3.8) is 0 Å². The van der Waals surface area contributed by atoms with Gasteiger partial charge in [-0.05, 0) is 0 Å². The van der Waals surface area contributed by atoms with E-state index in [2.05, 4.69) is 94.8 Å². The zero-order valence-corrected chi connectivity index (χ0v) is 21.5. The Bertz CT molecular complexity index is 871. The molecule has 0 bridgehead atoms. The molecule has 2 heteroatoms. The van der Waals surface area contributed by atoms with E-state index in [1.54, 1.807) is 5.19 Å². The van der Waals surface area contributed by atoms with Gasteiger partial charge in [0.1, 0.15) is 0 Å². The van der Waals surface area contributed by atoms with E-state index in [-0.39, 0.29) is 0 Å². The molecule has 0 N–H and O–H groups in total. The van der Waals surface area contributed by atoms with Crippen LogP contribution in [0.15, 0.2) is 78.9 Å². The number of hydrogen-bond donors (Lipinski definition) is 0. The Kier molecular flexibility index (Phi) is 4.35. The summed E-state index contributed by atoms with van der Waals surface area (Å²) in [6, 6.07) is 11.9. The van der Waals surface area contributed by atoms with E-state index >= 15 is 0 Å². The minimum atomic E-state index is -2.36. The van der Waals surface area contributed by atoms with Gasteiger partial charge in [-0.3, -0.25) is 0 Å². The first-order valence-corrected chi connectivity index (χ1v) is 22.2. The molecule has 0 spiro atoms. The summed E-state index contributed by atoms with van der Waals surface area (Å²) >= 11 is -2.36. The number of hydrogen-bond acceptors (Lipinski definition) is 0. The van der Waals surface area contributed by atoms with E-state index in [0.29, 0.717) is 0 Å². The molecular formula is C27H34SiZr. The summed E-state index contributed by atoms with van der Waals surface area (Å²) in [6.45, 7) is 2.83. The van der Waals surface area contributed by atoms with Gasteiger partial charge >= 0.3 is 183 Å². The summed E-state index contributed by atoms with van der Waals surface area (Å²) in [5.41, 5.74) is 1.99. The van der Waals surface area contributed by atoms with Gasteiger partial charge in [0.15, 0.2) is 0 Å². The summed E-state index contributed by atoms with van der Waals surface area (Å²) in [4.78, 5) is 0. The Labute approximate surface area is 182 Å². The second-order valence-electron chi connectivity index (χ2n) is 11.2. The Morgan fingerprint density at radius 1 is 0.724 bits per heavy atom. The van der Waals surface area contributed by atoms with Crippen LogP contribution in [0.5, 0.6) is 0 Å². The van der Waals surface area contributed by atoms with Crippen molar-refractivity contribution in [2.75, 3.05) is 0 Å². The van der Waals surface area contributed by atoms with Crippen LogP contribution < -0.4 is 5.19 Å². The number of fused-ring (bicyclic) bond motifs is 6. The van der Waals surface area contributed by atoms with Crippen LogP contribution in [-0.2, 0) is 20.3 Å². The average Bonchev–Trinajstić information content (AvgIpc) is 3.34. The van der Waals surface area contributed by atoms with Crippen LogP contribution in [0.4, 0.5) is 0 Å². The van der Waals surface area contributed by atoms with Crippen molar-refractivity contribution in [1.82, 2.24) is 0 Å². The Morgan fingerprint density at radius 3 is 1.72 bits per heavy atom. The fourth-order valence-electron chi connectivity index (χ4n) is 8.99. The number of rotatable bonds is 1. The average molecular weight is 478 g/mol. The van der Waals surface area contributed by atoms with E-state index < -0.39 is 28.3 Å². The maximum absolute atomic E-state index is 2.87. The quantitative estimate of drug-likeness (QED) is 0.379. The second-order valence-corrected chi connectivity index (χ2v) is 28.1. The molecule has 0 amide bonds. The van der Waals surface area contributed by atoms with Gasteiger partial charge in [-0.1, -0.05) is 0 Å². The Hall–Kier alpha value is -0.720. The molecule has 150 valence electrons. The third kappa shape index (κ3) is 2.51. The maximum atomic E-state index is 2.87. The van der Waals surface area contributed by atoms with Crippen molar-refractivity contribution in [3.05, 3.63) is 78.9 Å². The van der Waals surface area contributed by atoms with Crippen molar-refractivity contribution in [1.29, 1.82) is 0 Å². The summed E-state index contributed by atoms with van der Waals surface area (Å²) in [5, 5.41) is 1.77. The monoisotopic (exact) mass is 476 g/mol. The second kappa shape index (κ2) is 6.64. The van der Waals surface area contributed by atoms with Crippen LogP contribution in [0.1, 0.15) is 12.8 Å². The molecule has 3 fully saturated rings. The molecule has 8 unspecified atom stereocenters. The molecule has 8 atom stereocenters. The molecule has 29 heavy (non-hydrogen) atoms. The normalized spacial score (nSPS) is 48.1. The molecule has 2 saturated carbocycles. The van der Waals surface area contributed by atoms with Crippen LogP contribution in [0, 0.1) is 23.7 Å². The molecule has 1 saturated heterocycles. The van der Waals surface area contributed by atoms with Crippen LogP contribution in [-0.4, -0.2) is 8.07 Å². The zero-order valence-electron chi connectivity index (χ0n) is 18.0. The molecule has 0 nitrogen and oxygen atoms in total. The van der Waals surface area contributed by atoms with Crippen LogP contribution in [0.25, 0.3) is 0 Å². The molecule has 1 heterocycles. The summed E-state index contributed by atoms with van der Waals surface area (Å²) < 4.78 is 7.80.